The molecule has 1 aliphatic heterocycles. The number of aromatic nitrogens is 2. The third-order valence-corrected chi connectivity index (χ3v) is 6.10. The van der Waals surface area contributed by atoms with Gasteiger partial charge in [-0.05, 0) is 12.1 Å². The van der Waals surface area contributed by atoms with Crippen LogP contribution in [0, 0.1) is 0 Å². The maximum absolute atomic E-state index is 12.9. The number of nitrogens with zero attached hydrogens (tertiary/aromatic N) is 2. The molecule has 11 nitrogen and oxygen atoms in total. The first-order valence-electron chi connectivity index (χ1n) is 11.9. The normalized spacial score (nSPS) is 15.5. The Morgan fingerprint density at radius 1 is 1.23 bits per heavy atom. The molecular formula is C23H27F5N4O7S. The van der Waals surface area contributed by atoms with Gasteiger partial charge >= 0.3 is 6.18 Å². The Morgan fingerprint density at radius 2 is 1.93 bits per heavy atom. The Hall–Kier alpha value is -3.47. The predicted molar refractivity (Wildman–Crippen MR) is 130 cm³/mol. The maximum atomic E-state index is 12.9. The molecule has 0 saturated carbocycles. The molecule has 2 N–H and O–H groups in total. The quantitative estimate of drug-likeness (QED) is 0.250. The standard InChI is InChI=1S/C23H27F5N4O7S/c1-40(35,36)12-19(33)30-21-20-17(31-32(21)6-8-37-11-18(24)25)9-14(29-22(20)34)5-7-38-15-3-2-4-16(10-15)39-13-23(26,27)28/h2-4,10,14,18H,5-9,11-13H2,1H3,(H,29,34)(H,30,33). The SMILES string of the molecule is CS(=O)(=O)CC(=O)Nc1c2c(nn1CCOCC(F)F)CC(CCOc1cccc(OCC(F)(F)F)c1)NC2=O. The number of fused-ring (bicyclic) bond motifs is 1. The van der Waals surface area contributed by atoms with Gasteiger partial charge in [-0.25, -0.2) is 21.9 Å². The lowest BCUT2D eigenvalue weighted by Crippen LogP contribution is -2.42. The van der Waals surface area contributed by atoms with Crippen LogP contribution in [-0.2, 0) is 32.3 Å². The second-order valence-corrected chi connectivity index (χ2v) is 11.0. The van der Waals surface area contributed by atoms with E-state index in [4.69, 9.17) is 14.2 Å². The molecule has 0 aliphatic carbocycles. The summed E-state index contributed by atoms with van der Waals surface area (Å²) >= 11 is 0. The Kier molecular flexibility index (Phi) is 10.3. The average Bonchev–Trinajstić information content (AvgIpc) is 3.16. The first kappa shape index (κ1) is 31.1. The number of sulfone groups is 1. The number of alkyl halides is 5. The summed E-state index contributed by atoms with van der Waals surface area (Å²) in [5.41, 5.74) is 0.280. The number of hydrogen-bond acceptors (Lipinski definition) is 8. The van der Waals surface area contributed by atoms with E-state index in [0.29, 0.717) is 0 Å². The Morgan fingerprint density at radius 3 is 2.58 bits per heavy atom. The highest BCUT2D eigenvalue weighted by atomic mass is 32.2. The van der Waals surface area contributed by atoms with Crippen LogP contribution in [0.4, 0.5) is 27.8 Å². The van der Waals surface area contributed by atoms with Crippen molar-refractivity contribution in [2.45, 2.75) is 38.0 Å². The fourth-order valence-corrected chi connectivity index (χ4v) is 4.31. The number of nitrogens with one attached hydrogen (secondary N) is 2. The zero-order chi connectivity index (χ0) is 29.5. The molecule has 222 valence electrons. The molecule has 0 saturated heterocycles. The molecule has 2 amide bonds. The fraction of sp³-hybridized carbons (Fsp3) is 0.522. The van der Waals surface area contributed by atoms with Crippen molar-refractivity contribution < 1.29 is 54.2 Å². The average molecular weight is 599 g/mol. The molecule has 2 aromatic rings. The van der Waals surface area contributed by atoms with Gasteiger partial charge in [0.05, 0.1) is 25.5 Å². The number of ether oxygens (including phenoxy) is 3. The molecule has 1 aromatic heterocycles. The van der Waals surface area contributed by atoms with E-state index in [9.17, 15) is 40.0 Å². The summed E-state index contributed by atoms with van der Waals surface area (Å²) in [4.78, 5) is 25.2. The van der Waals surface area contributed by atoms with Crippen molar-refractivity contribution in [2.24, 2.45) is 0 Å². The van der Waals surface area contributed by atoms with Gasteiger partial charge in [-0.2, -0.15) is 18.3 Å². The number of halogens is 5. The largest absolute Gasteiger partial charge is 0.493 e. The maximum Gasteiger partial charge on any atom is 0.422 e. The van der Waals surface area contributed by atoms with Gasteiger partial charge in [0.2, 0.25) is 5.91 Å². The lowest BCUT2D eigenvalue weighted by Gasteiger charge is -2.23. The van der Waals surface area contributed by atoms with Crippen molar-refractivity contribution in [1.29, 1.82) is 0 Å². The van der Waals surface area contributed by atoms with Crippen molar-refractivity contribution >= 4 is 27.5 Å². The summed E-state index contributed by atoms with van der Waals surface area (Å²) in [7, 11) is -3.68. The lowest BCUT2D eigenvalue weighted by molar-refractivity contribution is -0.153. The van der Waals surface area contributed by atoms with Crippen LogP contribution in [0.5, 0.6) is 11.5 Å². The van der Waals surface area contributed by atoms with Gasteiger partial charge in [0.1, 0.15) is 35.2 Å². The number of carbonyl (C=O) groups is 2. The molecule has 1 atom stereocenters. The van der Waals surface area contributed by atoms with E-state index in [2.05, 4.69) is 15.7 Å². The van der Waals surface area contributed by atoms with Gasteiger partial charge in [0.25, 0.3) is 12.3 Å². The summed E-state index contributed by atoms with van der Waals surface area (Å²) in [5.74, 6) is -2.23. The van der Waals surface area contributed by atoms with Crippen molar-refractivity contribution in [3.05, 3.63) is 35.5 Å². The summed E-state index contributed by atoms with van der Waals surface area (Å²) in [6.45, 7) is -2.53. The summed E-state index contributed by atoms with van der Waals surface area (Å²) in [6, 6.07) is 5.17. The zero-order valence-electron chi connectivity index (χ0n) is 21.2. The molecular weight excluding hydrogens is 571 g/mol. The molecule has 17 heteroatoms. The summed E-state index contributed by atoms with van der Waals surface area (Å²) in [5, 5.41) is 9.42. The van der Waals surface area contributed by atoms with E-state index in [0.717, 1.165) is 6.26 Å². The summed E-state index contributed by atoms with van der Waals surface area (Å²) < 4.78 is 101. The highest BCUT2D eigenvalue weighted by Crippen LogP contribution is 2.27. The second kappa shape index (κ2) is 13.3. The molecule has 1 unspecified atom stereocenters. The molecule has 0 bridgehead atoms. The van der Waals surface area contributed by atoms with E-state index in [1.807, 2.05) is 0 Å². The minimum atomic E-state index is -4.49. The monoisotopic (exact) mass is 598 g/mol. The zero-order valence-corrected chi connectivity index (χ0v) is 22.0. The lowest BCUT2D eigenvalue weighted by atomic mass is 9.99. The smallest absolute Gasteiger partial charge is 0.422 e. The van der Waals surface area contributed by atoms with Crippen LogP contribution in [0.3, 0.4) is 0 Å². The Balaban J connectivity index is 1.66. The molecule has 1 aliphatic rings. The van der Waals surface area contributed by atoms with Crippen LogP contribution < -0.4 is 20.1 Å². The highest BCUT2D eigenvalue weighted by Gasteiger charge is 2.33. The molecule has 3 rings (SSSR count). The molecule has 1 aromatic carbocycles. The van der Waals surface area contributed by atoms with Crippen LogP contribution >= 0.6 is 0 Å². The molecule has 0 radical (unpaired) electrons. The Labute approximate surface area is 225 Å². The fourth-order valence-electron chi connectivity index (χ4n) is 3.77. The highest BCUT2D eigenvalue weighted by molar-refractivity contribution is 7.91. The number of rotatable bonds is 14. The van der Waals surface area contributed by atoms with Gasteiger partial charge in [0, 0.05) is 31.2 Å². The first-order valence-corrected chi connectivity index (χ1v) is 13.9. The van der Waals surface area contributed by atoms with Gasteiger partial charge in [-0.1, -0.05) is 6.07 Å². The van der Waals surface area contributed by atoms with Crippen molar-refractivity contribution in [3.63, 3.8) is 0 Å². The van der Waals surface area contributed by atoms with Crippen LogP contribution in [0.25, 0.3) is 0 Å². The number of anilines is 1. The van der Waals surface area contributed by atoms with E-state index in [-0.39, 0.29) is 61.2 Å². The third-order valence-electron chi connectivity index (χ3n) is 5.31. The first-order chi connectivity index (χ1) is 18.7. The van der Waals surface area contributed by atoms with Crippen LogP contribution in [0.1, 0.15) is 22.5 Å². The topological polar surface area (TPSA) is 138 Å². The minimum Gasteiger partial charge on any atom is -0.493 e. The van der Waals surface area contributed by atoms with Crippen molar-refractivity contribution in [2.75, 3.05) is 43.8 Å². The molecule has 0 spiro atoms. The van der Waals surface area contributed by atoms with Gasteiger partial charge in [0.15, 0.2) is 16.4 Å². The number of hydrogen-bond donors (Lipinski definition) is 2. The third kappa shape index (κ3) is 9.93. The van der Waals surface area contributed by atoms with Crippen molar-refractivity contribution in [1.82, 2.24) is 15.1 Å². The number of carbonyl (C=O) groups excluding carboxylic acids is 2. The van der Waals surface area contributed by atoms with Gasteiger partial charge in [-0.3, -0.25) is 9.59 Å². The van der Waals surface area contributed by atoms with Crippen molar-refractivity contribution in [3.8, 4) is 11.5 Å². The van der Waals surface area contributed by atoms with Crippen LogP contribution in [0.15, 0.2) is 24.3 Å². The van der Waals surface area contributed by atoms with Crippen LogP contribution in [-0.4, -0.2) is 87.1 Å². The summed E-state index contributed by atoms with van der Waals surface area (Å²) in [6.07, 6.45) is -5.85. The van der Waals surface area contributed by atoms with E-state index in [1.54, 1.807) is 0 Å². The van der Waals surface area contributed by atoms with E-state index in [1.165, 1.54) is 28.9 Å². The minimum absolute atomic E-state index is 0.00222. The van der Waals surface area contributed by atoms with E-state index < -0.39 is 59.3 Å². The molecule has 40 heavy (non-hydrogen) atoms. The van der Waals surface area contributed by atoms with E-state index >= 15 is 0 Å². The van der Waals surface area contributed by atoms with Gasteiger partial charge in [-0.15, -0.1) is 0 Å². The molecule has 0 fully saturated rings. The Bertz CT molecular complexity index is 1300. The number of amides is 2. The van der Waals surface area contributed by atoms with Gasteiger partial charge < -0.3 is 24.8 Å². The number of benzene rings is 1. The molecule has 2 heterocycles. The second-order valence-electron chi connectivity index (χ2n) is 8.87. The predicted octanol–water partition coefficient (Wildman–Crippen LogP) is 2.21. The van der Waals surface area contributed by atoms with Crippen LogP contribution in [0.2, 0.25) is 0 Å².